The summed E-state index contributed by atoms with van der Waals surface area (Å²) >= 11 is 5.61. The highest BCUT2D eigenvalue weighted by atomic mass is 35.5. The SMILES string of the molecule is FCC[C@H](c1cc(C(F)(F)F)cc(Cl)c1F)N1CCNCC1. The first-order chi connectivity index (χ1) is 10.3. The van der Waals surface area contributed by atoms with E-state index < -0.39 is 35.3 Å². The molecule has 1 fully saturated rings. The van der Waals surface area contributed by atoms with Crippen LogP contribution >= 0.6 is 11.6 Å². The largest absolute Gasteiger partial charge is 0.416 e. The molecule has 0 aliphatic carbocycles. The number of nitrogens with one attached hydrogen (secondary N) is 1. The lowest BCUT2D eigenvalue weighted by atomic mass is 9.98. The molecule has 1 aromatic rings. The molecule has 1 aliphatic heterocycles. The van der Waals surface area contributed by atoms with Crippen LogP contribution in [0.15, 0.2) is 12.1 Å². The Labute approximate surface area is 130 Å². The summed E-state index contributed by atoms with van der Waals surface area (Å²) in [5.74, 6) is -0.911. The van der Waals surface area contributed by atoms with Gasteiger partial charge < -0.3 is 5.32 Å². The van der Waals surface area contributed by atoms with Crippen molar-refractivity contribution in [1.29, 1.82) is 0 Å². The van der Waals surface area contributed by atoms with Gasteiger partial charge in [-0.1, -0.05) is 11.6 Å². The van der Waals surface area contributed by atoms with Gasteiger partial charge in [-0.2, -0.15) is 13.2 Å². The lowest BCUT2D eigenvalue weighted by Crippen LogP contribution is -2.45. The van der Waals surface area contributed by atoms with Crippen molar-refractivity contribution in [2.75, 3.05) is 32.9 Å². The van der Waals surface area contributed by atoms with Crippen LogP contribution in [0.4, 0.5) is 22.0 Å². The topological polar surface area (TPSA) is 15.3 Å². The first-order valence-electron chi connectivity index (χ1n) is 6.91. The quantitative estimate of drug-likeness (QED) is 0.837. The zero-order valence-electron chi connectivity index (χ0n) is 11.7. The maximum atomic E-state index is 14.2. The van der Waals surface area contributed by atoms with E-state index in [9.17, 15) is 22.0 Å². The van der Waals surface area contributed by atoms with E-state index in [2.05, 4.69) is 5.32 Å². The molecule has 22 heavy (non-hydrogen) atoms. The van der Waals surface area contributed by atoms with E-state index in [4.69, 9.17) is 11.6 Å². The Kier molecular flexibility index (Phi) is 5.63. The van der Waals surface area contributed by atoms with Gasteiger partial charge in [-0.05, 0) is 18.6 Å². The Balaban J connectivity index is 2.43. The van der Waals surface area contributed by atoms with Crippen LogP contribution in [0, 0.1) is 5.82 Å². The lowest BCUT2D eigenvalue weighted by molar-refractivity contribution is -0.137. The number of hydrogen-bond donors (Lipinski definition) is 1. The second-order valence-corrected chi connectivity index (χ2v) is 5.55. The number of rotatable bonds is 4. The van der Waals surface area contributed by atoms with Gasteiger partial charge in [0.2, 0.25) is 0 Å². The second kappa shape index (κ2) is 7.10. The molecule has 1 heterocycles. The molecule has 1 atom stereocenters. The van der Waals surface area contributed by atoms with Gasteiger partial charge in [0, 0.05) is 37.8 Å². The molecule has 1 saturated heterocycles. The molecule has 8 heteroatoms. The highest BCUT2D eigenvalue weighted by molar-refractivity contribution is 6.30. The van der Waals surface area contributed by atoms with Crippen molar-refractivity contribution >= 4 is 11.6 Å². The van der Waals surface area contributed by atoms with Gasteiger partial charge in [-0.25, -0.2) is 4.39 Å². The molecule has 0 spiro atoms. The molecule has 2 rings (SSSR count). The second-order valence-electron chi connectivity index (χ2n) is 5.14. The normalized spacial score (nSPS) is 18.5. The van der Waals surface area contributed by atoms with Crippen molar-refractivity contribution in [2.45, 2.75) is 18.6 Å². The molecule has 124 valence electrons. The van der Waals surface area contributed by atoms with Crippen LogP contribution in [0.5, 0.6) is 0 Å². The molecular weight excluding hydrogens is 327 g/mol. The summed E-state index contributed by atoms with van der Waals surface area (Å²) < 4.78 is 65.7. The zero-order chi connectivity index (χ0) is 16.3. The van der Waals surface area contributed by atoms with Gasteiger partial charge in [0.25, 0.3) is 0 Å². The lowest BCUT2D eigenvalue weighted by Gasteiger charge is -2.35. The van der Waals surface area contributed by atoms with Crippen molar-refractivity contribution in [1.82, 2.24) is 10.2 Å². The molecule has 0 bridgehead atoms. The number of hydrogen-bond acceptors (Lipinski definition) is 2. The van der Waals surface area contributed by atoms with E-state index in [0.29, 0.717) is 32.2 Å². The van der Waals surface area contributed by atoms with E-state index >= 15 is 0 Å². The van der Waals surface area contributed by atoms with Gasteiger partial charge in [0.15, 0.2) is 0 Å². The van der Waals surface area contributed by atoms with Crippen LogP contribution in [0.3, 0.4) is 0 Å². The molecule has 0 saturated carbocycles. The van der Waals surface area contributed by atoms with Gasteiger partial charge in [0.1, 0.15) is 5.82 Å². The Morgan fingerprint density at radius 3 is 2.41 bits per heavy atom. The van der Waals surface area contributed by atoms with Crippen LogP contribution in [0.1, 0.15) is 23.6 Å². The smallest absolute Gasteiger partial charge is 0.314 e. The maximum Gasteiger partial charge on any atom is 0.416 e. The van der Waals surface area contributed by atoms with E-state index in [1.165, 1.54) is 0 Å². The monoisotopic (exact) mass is 342 g/mol. The Morgan fingerprint density at radius 1 is 1.23 bits per heavy atom. The molecule has 1 aromatic carbocycles. The van der Waals surface area contributed by atoms with E-state index in [-0.39, 0.29) is 12.0 Å². The highest BCUT2D eigenvalue weighted by Gasteiger charge is 2.34. The zero-order valence-corrected chi connectivity index (χ0v) is 12.4. The molecule has 0 unspecified atom stereocenters. The molecule has 2 nitrogen and oxygen atoms in total. The van der Waals surface area contributed by atoms with Crippen molar-refractivity contribution in [3.8, 4) is 0 Å². The summed E-state index contributed by atoms with van der Waals surface area (Å²) in [7, 11) is 0. The summed E-state index contributed by atoms with van der Waals surface area (Å²) in [6, 6.07) is 0.542. The fourth-order valence-corrected chi connectivity index (χ4v) is 2.88. The van der Waals surface area contributed by atoms with E-state index in [1.54, 1.807) is 4.90 Å². The van der Waals surface area contributed by atoms with Crippen LogP contribution in [0.25, 0.3) is 0 Å². The molecule has 0 radical (unpaired) electrons. The van der Waals surface area contributed by atoms with Crippen molar-refractivity contribution in [3.05, 3.63) is 34.1 Å². The van der Waals surface area contributed by atoms with Crippen LogP contribution in [-0.4, -0.2) is 37.8 Å². The molecule has 0 aromatic heterocycles. The maximum absolute atomic E-state index is 14.2. The predicted octanol–water partition coefficient (Wildman–Crippen LogP) is 3.80. The Bertz CT molecular complexity index is 515. The van der Waals surface area contributed by atoms with Gasteiger partial charge in [-0.15, -0.1) is 0 Å². The van der Waals surface area contributed by atoms with E-state index in [0.717, 1.165) is 6.07 Å². The molecule has 0 amide bonds. The highest BCUT2D eigenvalue weighted by Crippen LogP contribution is 2.37. The minimum Gasteiger partial charge on any atom is -0.314 e. The number of alkyl halides is 4. The fourth-order valence-electron chi connectivity index (χ4n) is 2.65. The summed E-state index contributed by atoms with van der Waals surface area (Å²) in [5, 5.41) is 2.50. The number of nitrogens with zero attached hydrogens (tertiary/aromatic N) is 1. The Hall–Kier alpha value is -0.920. The third-order valence-corrected chi connectivity index (χ3v) is 3.99. The summed E-state index contributed by atoms with van der Waals surface area (Å²) in [6.45, 7) is 1.52. The van der Waals surface area contributed by atoms with Crippen LogP contribution in [0.2, 0.25) is 5.02 Å². The van der Waals surface area contributed by atoms with Crippen LogP contribution in [-0.2, 0) is 6.18 Å². The Morgan fingerprint density at radius 2 is 1.86 bits per heavy atom. The average molecular weight is 343 g/mol. The van der Waals surface area contributed by atoms with Crippen LogP contribution < -0.4 is 5.32 Å². The average Bonchev–Trinajstić information content (AvgIpc) is 2.47. The molecule has 1 N–H and O–H groups in total. The molecular formula is C14H16ClF5N2. The van der Waals surface area contributed by atoms with Crippen molar-refractivity contribution in [2.24, 2.45) is 0 Å². The summed E-state index contributed by atoms with van der Waals surface area (Å²) in [6.07, 6.45) is -4.70. The predicted molar refractivity (Wildman–Crippen MR) is 74.2 cm³/mol. The summed E-state index contributed by atoms with van der Waals surface area (Å²) in [5.41, 5.74) is -1.22. The third kappa shape index (κ3) is 3.88. The van der Waals surface area contributed by atoms with Crippen molar-refractivity contribution in [3.63, 3.8) is 0 Å². The standard InChI is InChI=1S/C14H16ClF5N2/c15-11-8-9(14(18,19)20)7-10(13(11)17)12(1-2-16)22-5-3-21-4-6-22/h7-8,12,21H,1-6H2/t12-/m1/s1. The number of benzene rings is 1. The number of halogens is 6. The van der Waals surface area contributed by atoms with Gasteiger partial charge in [-0.3, -0.25) is 9.29 Å². The fraction of sp³-hybridized carbons (Fsp3) is 0.571. The first kappa shape index (κ1) is 17.4. The third-order valence-electron chi connectivity index (χ3n) is 3.72. The van der Waals surface area contributed by atoms with E-state index in [1.807, 2.05) is 0 Å². The van der Waals surface area contributed by atoms with Gasteiger partial charge in [0.05, 0.1) is 17.3 Å². The molecule has 1 aliphatic rings. The van der Waals surface area contributed by atoms with Gasteiger partial charge >= 0.3 is 6.18 Å². The minimum atomic E-state index is -4.63. The first-order valence-corrected chi connectivity index (χ1v) is 7.29. The minimum absolute atomic E-state index is 0.0748. The number of piperazine rings is 1. The summed E-state index contributed by atoms with van der Waals surface area (Å²) in [4.78, 5) is 1.78. The van der Waals surface area contributed by atoms with Crippen molar-refractivity contribution < 1.29 is 22.0 Å².